The Bertz CT molecular complexity index is 892. The molecule has 0 aliphatic carbocycles. The molecule has 0 atom stereocenters. The van der Waals surface area contributed by atoms with Crippen molar-refractivity contribution < 1.29 is 28.9 Å². The van der Waals surface area contributed by atoms with Crippen molar-refractivity contribution in [1.82, 2.24) is 4.90 Å². The molecule has 0 aromatic heterocycles. The predicted molar refractivity (Wildman–Crippen MR) is 97.9 cm³/mol. The first-order valence-corrected chi connectivity index (χ1v) is 8.43. The zero-order valence-electron chi connectivity index (χ0n) is 15.4. The molecule has 0 spiro atoms. The minimum absolute atomic E-state index is 0.209. The number of aromatic carboxylic acids is 1. The van der Waals surface area contributed by atoms with Crippen molar-refractivity contribution in [2.75, 3.05) is 27.9 Å². The van der Waals surface area contributed by atoms with Crippen LogP contribution in [-0.4, -0.2) is 49.8 Å². The van der Waals surface area contributed by atoms with Crippen molar-refractivity contribution in [1.29, 1.82) is 0 Å². The Balaban J connectivity index is 1.93. The van der Waals surface area contributed by atoms with Crippen molar-refractivity contribution in [2.24, 2.45) is 0 Å². The number of fused-ring (bicyclic) bond motifs is 1. The van der Waals surface area contributed by atoms with E-state index >= 15 is 0 Å². The summed E-state index contributed by atoms with van der Waals surface area (Å²) in [7, 11) is 4.47. The number of ether oxygens (including phenoxy) is 3. The number of methoxy groups -OCH3 is 3. The maximum atomic E-state index is 13.1. The molecule has 0 saturated carbocycles. The lowest BCUT2D eigenvalue weighted by molar-refractivity contribution is 0.0696. The molecule has 7 nitrogen and oxygen atoms in total. The summed E-state index contributed by atoms with van der Waals surface area (Å²) in [5.41, 5.74) is 2.48. The second-order valence-corrected chi connectivity index (χ2v) is 6.15. The lowest BCUT2D eigenvalue weighted by atomic mass is 9.96. The summed E-state index contributed by atoms with van der Waals surface area (Å²) in [6, 6.07) is 8.34. The molecule has 2 aromatic carbocycles. The van der Waals surface area contributed by atoms with Crippen molar-refractivity contribution in [2.45, 2.75) is 13.0 Å². The van der Waals surface area contributed by atoms with E-state index in [1.54, 1.807) is 29.2 Å². The molecule has 1 aliphatic heterocycles. The molecule has 1 heterocycles. The van der Waals surface area contributed by atoms with Crippen LogP contribution in [0.5, 0.6) is 17.2 Å². The van der Waals surface area contributed by atoms with E-state index in [0.29, 0.717) is 42.3 Å². The maximum absolute atomic E-state index is 13.1. The SMILES string of the molecule is COc1ccc(C(=O)N2CCc3ccc(C(=O)O)cc3C2)c(OC)c1OC. The van der Waals surface area contributed by atoms with Gasteiger partial charge in [0.1, 0.15) is 0 Å². The average molecular weight is 371 g/mol. The minimum Gasteiger partial charge on any atom is -0.493 e. The van der Waals surface area contributed by atoms with E-state index in [1.807, 2.05) is 6.07 Å². The standard InChI is InChI=1S/C20H21NO6/c1-25-16-7-6-15(17(26-2)18(16)27-3)19(22)21-9-8-12-4-5-13(20(23)24)10-14(12)11-21/h4-7,10H,8-9,11H2,1-3H3,(H,23,24). The van der Waals surface area contributed by atoms with E-state index in [2.05, 4.69) is 0 Å². The van der Waals surface area contributed by atoms with Gasteiger partial charge in [-0.2, -0.15) is 0 Å². The third-order valence-corrected chi connectivity index (χ3v) is 4.69. The summed E-state index contributed by atoms with van der Waals surface area (Å²) >= 11 is 0. The van der Waals surface area contributed by atoms with Gasteiger partial charge in [-0.15, -0.1) is 0 Å². The van der Waals surface area contributed by atoms with Gasteiger partial charge in [-0.05, 0) is 41.8 Å². The van der Waals surface area contributed by atoms with Crippen LogP contribution >= 0.6 is 0 Å². The monoisotopic (exact) mass is 371 g/mol. The molecule has 0 fully saturated rings. The van der Waals surface area contributed by atoms with Gasteiger partial charge in [-0.3, -0.25) is 4.79 Å². The van der Waals surface area contributed by atoms with Gasteiger partial charge in [0, 0.05) is 13.1 Å². The van der Waals surface area contributed by atoms with Gasteiger partial charge in [-0.25, -0.2) is 4.79 Å². The van der Waals surface area contributed by atoms with Gasteiger partial charge in [0.2, 0.25) is 5.75 Å². The minimum atomic E-state index is -0.984. The third kappa shape index (κ3) is 3.40. The van der Waals surface area contributed by atoms with E-state index < -0.39 is 5.97 Å². The molecule has 2 aromatic rings. The van der Waals surface area contributed by atoms with Crippen molar-refractivity contribution >= 4 is 11.9 Å². The van der Waals surface area contributed by atoms with Gasteiger partial charge in [-0.1, -0.05) is 6.07 Å². The smallest absolute Gasteiger partial charge is 0.335 e. The lowest BCUT2D eigenvalue weighted by Crippen LogP contribution is -2.36. The Labute approximate surface area is 157 Å². The van der Waals surface area contributed by atoms with E-state index in [-0.39, 0.29) is 11.5 Å². The third-order valence-electron chi connectivity index (χ3n) is 4.69. The first kappa shape index (κ1) is 18.6. The number of hydrogen-bond donors (Lipinski definition) is 1. The van der Waals surface area contributed by atoms with E-state index in [9.17, 15) is 14.7 Å². The molecule has 1 amide bonds. The van der Waals surface area contributed by atoms with Crippen LogP contribution in [0.1, 0.15) is 31.8 Å². The number of carboxylic acid groups (broad SMARTS) is 1. The van der Waals surface area contributed by atoms with Gasteiger partial charge in [0.25, 0.3) is 5.91 Å². The largest absolute Gasteiger partial charge is 0.493 e. The highest BCUT2D eigenvalue weighted by Gasteiger charge is 2.27. The Morgan fingerprint density at radius 1 is 0.963 bits per heavy atom. The first-order chi connectivity index (χ1) is 13.0. The van der Waals surface area contributed by atoms with Crippen molar-refractivity contribution in [3.05, 3.63) is 52.6 Å². The van der Waals surface area contributed by atoms with Crippen molar-refractivity contribution in [3.63, 3.8) is 0 Å². The fraction of sp³-hybridized carbons (Fsp3) is 0.300. The summed E-state index contributed by atoms with van der Waals surface area (Å²) < 4.78 is 16.0. The van der Waals surface area contributed by atoms with Gasteiger partial charge in [0.05, 0.1) is 32.5 Å². The summed E-state index contributed by atoms with van der Waals surface area (Å²) in [6.07, 6.45) is 0.663. The Hall–Kier alpha value is -3.22. The molecule has 27 heavy (non-hydrogen) atoms. The molecule has 1 N–H and O–H groups in total. The highest BCUT2D eigenvalue weighted by molar-refractivity contribution is 5.98. The number of hydrogen-bond acceptors (Lipinski definition) is 5. The zero-order valence-corrected chi connectivity index (χ0v) is 15.4. The number of nitrogens with zero attached hydrogens (tertiary/aromatic N) is 1. The highest BCUT2D eigenvalue weighted by atomic mass is 16.5. The van der Waals surface area contributed by atoms with E-state index in [4.69, 9.17) is 14.2 Å². The molecule has 0 bridgehead atoms. The normalized spacial score (nSPS) is 12.9. The highest BCUT2D eigenvalue weighted by Crippen LogP contribution is 2.40. The van der Waals surface area contributed by atoms with E-state index in [1.165, 1.54) is 21.3 Å². The van der Waals surface area contributed by atoms with Gasteiger partial charge < -0.3 is 24.2 Å². The first-order valence-electron chi connectivity index (χ1n) is 8.43. The van der Waals surface area contributed by atoms with Gasteiger partial charge in [0.15, 0.2) is 11.5 Å². The van der Waals surface area contributed by atoms with Crippen LogP contribution in [0.15, 0.2) is 30.3 Å². The van der Waals surface area contributed by atoms with Crippen LogP contribution < -0.4 is 14.2 Å². The second kappa shape index (κ2) is 7.57. The second-order valence-electron chi connectivity index (χ2n) is 6.15. The van der Waals surface area contributed by atoms with Crippen LogP contribution in [0.4, 0.5) is 0 Å². The predicted octanol–water partition coefficient (Wildman–Crippen LogP) is 2.61. The van der Waals surface area contributed by atoms with E-state index in [0.717, 1.165) is 11.1 Å². The molecule has 0 unspecified atom stereocenters. The maximum Gasteiger partial charge on any atom is 0.335 e. The van der Waals surface area contributed by atoms with Gasteiger partial charge >= 0.3 is 5.97 Å². The molecule has 3 rings (SSSR count). The summed E-state index contributed by atoms with van der Waals surface area (Å²) in [4.78, 5) is 26.0. The van der Waals surface area contributed by atoms with Crippen molar-refractivity contribution in [3.8, 4) is 17.2 Å². The summed E-state index contributed by atoms with van der Waals surface area (Å²) in [5.74, 6) is -0.0497. The quantitative estimate of drug-likeness (QED) is 0.870. The number of amides is 1. The lowest BCUT2D eigenvalue weighted by Gasteiger charge is -2.30. The zero-order chi connectivity index (χ0) is 19.6. The van der Waals surface area contributed by atoms with Crippen LogP contribution in [0.3, 0.4) is 0 Å². The van der Waals surface area contributed by atoms with Crippen LogP contribution in [-0.2, 0) is 13.0 Å². The number of carbonyl (C=O) groups is 2. The summed E-state index contributed by atoms with van der Waals surface area (Å²) in [6.45, 7) is 0.878. The van der Waals surface area contributed by atoms with Crippen LogP contribution in [0.25, 0.3) is 0 Å². The number of benzene rings is 2. The Morgan fingerprint density at radius 3 is 2.33 bits per heavy atom. The van der Waals surface area contributed by atoms with Crippen LogP contribution in [0, 0.1) is 0 Å². The Kier molecular flexibility index (Phi) is 5.21. The number of rotatable bonds is 5. The summed E-state index contributed by atoms with van der Waals surface area (Å²) in [5, 5.41) is 9.19. The Morgan fingerprint density at radius 2 is 1.70 bits per heavy atom. The fourth-order valence-corrected chi connectivity index (χ4v) is 3.30. The molecule has 0 saturated heterocycles. The average Bonchev–Trinajstić information content (AvgIpc) is 2.70. The molecule has 142 valence electrons. The number of carboxylic acids is 1. The van der Waals surface area contributed by atoms with Crippen LogP contribution in [0.2, 0.25) is 0 Å². The molecule has 7 heteroatoms. The molecule has 0 radical (unpaired) electrons. The molecular weight excluding hydrogens is 350 g/mol. The molecule has 1 aliphatic rings. The molecular formula is C20H21NO6. The number of carbonyl (C=O) groups excluding carboxylic acids is 1. The fourth-order valence-electron chi connectivity index (χ4n) is 3.30. The topological polar surface area (TPSA) is 85.3 Å².